The van der Waals surface area contributed by atoms with Crippen LogP contribution in [0.15, 0.2) is 59.5 Å². The number of aliphatic hydroxyl groups excluding tert-OH is 1. The van der Waals surface area contributed by atoms with Crippen LogP contribution < -0.4 is 10.9 Å². The van der Waals surface area contributed by atoms with E-state index in [0.29, 0.717) is 12.5 Å². The molecule has 2 aromatic carbocycles. The Morgan fingerprint density at radius 2 is 1.71 bits per heavy atom. The van der Waals surface area contributed by atoms with Gasteiger partial charge in [-0.3, -0.25) is 4.79 Å². The number of imidazole rings is 1. The molecular formula is C23H18F6N4O2. The largest absolute Gasteiger partial charge is 0.418 e. The predicted octanol–water partition coefficient (Wildman–Crippen LogP) is 4.97. The van der Waals surface area contributed by atoms with Crippen molar-refractivity contribution in [2.75, 3.05) is 11.9 Å². The molecule has 1 atom stereocenters. The molecule has 0 fully saturated rings. The highest BCUT2D eigenvalue weighted by atomic mass is 19.4. The number of nitrogens with zero attached hydrogens (tertiary/aromatic N) is 1. The minimum atomic E-state index is -5.12. The van der Waals surface area contributed by atoms with Gasteiger partial charge in [0.15, 0.2) is 0 Å². The molecule has 0 saturated carbocycles. The van der Waals surface area contributed by atoms with Crippen LogP contribution in [0.4, 0.5) is 32.0 Å². The average Bonchev–Trinajstić information content (AvgIpc) is 3.21. The van der Waals surface area contributed by atoms with Crippen molar-refractivity contribution in [2.45, 2.75) is 24.8 Å². The number of H-pyrrole nitrogens is 2. The van der Waals surface area contributed by atoms with Crippen molar-refractivity contribution in [1.29, 1.82) is 0 Å². The monoisotopic (exact) mass is 496 g/mol. The van der Waals surface area contributed by atoms with E-state index in [0.717, 1.165) is 5.56 Å². The van der Waals surface area contributed by atoms with E-state index < -0.39 is 46.1 Å². The number of hydrogen-bond donors (Lipinski definition) is 4. The van der Waals surface area contributed by atoms with E-state index >= 15 is 0 Å². The lowest BCUT2D eigenvalue weighted by Crippen LogP contribution is -2.28. The van der Waals surface area contributed by atoms with Crippen LogP contribution >= 0.6 is 0 Å². The molecule has 0 amide bonds. The molecule has 35 heavy (non-hydrogen) atoms. The first kappa shape index (κ1) is 24.3. The number of anilines is 1. The number of fused-ring (bicyclic) bond motifs is 1. The summed E-state index contributed by atoms with van der Waals surface area (Å²) in [6, 6.07) is 10.4. The Morgan fingerprint density at radius 1 is 1.00 bits per heavy atom. The van der Waals surface area contributed by atoms with Gasteiger partial charge in [-0.1, -0.05) is 30.3 Å². The van der Waals surface area contributed by atoms with E-state index in [1.807, 2.05) is 30.3 Å². The number of nitrogens with one attached hydrogen (secondary N) is 3. The van der Waals surface area contributed by atoms with Crippen molar-refractivity contribution >= 4 is 16.7 Å². The summed E-state index contributed by atoms with van der Waals surface area (Å²) >= 11 is 0. The molecule has 4 aromatic rings. The van der Waals surface area contributed by atoms with Crippen LogP contribution in [0.3, 0.4) is 0 Å². The van der Waals surface area contributed by atoms with Crippen LogP contribution in [-0.2, 0) is 18.8 Å². The van der Waals surface area contributed by atoms with E-state index in [4.69, 9.17) is 0 Å². The van der Waals surface area contributed by atoms with Crippen molar-refractivity contribution in [3.63, 3.8) is 0 Å². The fraction of sp³-hybridized carbons (Fsp3) is 0.217. The Kier molecular flexibility index (Phi) is 6.32. The van der Waals surface area contributed by atoms with Gasteiger partial charge in [-0.25, -0.2) is 4.98 Å². The lowest BCUT2D eigenvalue weighted by molar-refractivity contribution is -0.142. The second kappa shape index (κ2) is 9.10. The molecule has 0 aliphatic rings. The number of aromatic nitrogens is 3. The molecule has 0 saturated heterocycles. The summed E-state index contributed by atoms with van der Waals surface area (Å²) in [6.07, 6.45) is -8.50. The van der Waals surface area contributed by atoms with Crippen LogP contribution in [0, 0.1) is 0 Å². The predicted molar refractivity (Wildman–Crippen MR) is 117 cm³/mol. The average molecular weight is 496 g/mol. The minimum Gasteiger partial charge on any atom is -0.394 e. The van der Waals surface area contributed by atoms with Crippen molar-refractivity contribution in [3.05, 3.63) is 81.8 Å². The number of aliphatic hydroxyl groups is 1. The molecule has 184 valence electrons. The molecule has 0 spiro atoms. The summed E-state index contributed by atoms with van der Waals surface area (Å²) in [5.41, 5.74) is -4.31. The summed E-state index contributed by atoms with van der Waals surface area (Å²) in [5, 5.41) is 12.8. The molecule has 12 heteroatoms. The van der Waals surface area contributed by atoms with Crippen molar-refractivity contribution in [1.82, 2.24) is 15.0 Å². The van der Waals surface area contributed by atoms with Gasteiger partial charge in [0.1, 0.15) is 16.9 Å². The Labute approximate surface area is 193 Å². The Hall–Kier alpha value is -3.80. The summed E-state index contributed by atoms with van der Waals surface area (Å²) < 4.78 is 80.3. The first-order valence-electron chi connectivity index (χ1n) is 10.3. The van der Waals surface area contributed by atoms with Gasteiger partial charge in [0, 0.05) is 6.20 Å². The topological polar surface area (TPSA) is 93.8 Å². The quantitative estimate of drug-likeness (QED) is 0.284. The maximum Gasteiger partial charge on any atom is 0.418 e. The second-order valence-electron chi connectivity index (χ2n) is 7.81. The first-order valence-corrected chi connectivity index (χ1v) is 10.3. The summed E-state index contributed by atoms with van der Waals surface area (Å²) in [7, 11) is 0. The minimum absolute atomic E-state index is 0.0109. The van der Waals surface area contributed by atoms with Gasteiger partial charge in [-0.15, -0.1) is 0 Å². The Bertz CT molecular complexity index is 1390. The SMILES string of the molecule is O=c1[nH]ccc(NC(CO)Cc2ccccc2)c1-c1nc2c(C(F)(F)F)cc(C(F)(F)F)cc2[nH]1. The second-order valence-corrected chi connectivity index (χ2v) is 7.81. The van der Waals surface area contributed by atoms with Gasteiger partial charge in [-0.05, 0) is 30.2 Å². The highest BCUT2D eigenvalue weighted by molar-refractivity contribution is 5.86. The third kappa shape index (κ3) is 5.16. The smallest absolute Gasteiger partial charge is 0.394 e. The molecule has 2 heterocycles. The fourth-order valence-corrected chi connectivity index (χ4v) is 3.73. The number of rotatable bonds is 6. The normalized spacial score (nSPS) is 13.2. The third-order valence-corrected chi connectivity index (χ3v) is 5.32. The molecular weight excluding hydrogens is 478 g/mol. The molecule has 1 unspecified atom stereocenters. The molecule has 0 radical (unpaired) electrons. The lowest BCUT2D eigenvalue weighted by atomic mass is 10.1. The van der Waals surface area contributed by atoms with Gasteiger partial charge in [-0.2, -0.15) is 26.3 Å². The zero-order valence-corrected chi connectivity index (χ0v) is 17.8. The molecule has 0 aliphatic carbocycles. The third-order valence-electron chi connectivity index (χ3n) is 5.32. The standard InChI is InChI=1S/C23H18F6N4O2/c24-22(25,26)13-9-15(23(27,28)29)19-17(10-13)32-20(33-19)18-16(6-7-30-21(18)35)31-14(11-34)8-12-4-2-1-3-5-12/h1-7,9-10,14,34H,8,11H2,(H,32,33)(H2,30,31,35). The number of benzene rings is 2. The fourth-order valence-electron chi connectivity index (χ4n) is 3.73. The molecule has 6 nitrogen and oxygen atoms in total. The van der Waals surface area contributed by atoms with Gasteiger partial charge in [0.25, 0.3) is 5.56 Å². The number of alkyl halides is 6. The highest BCUT2D eigenvalue weighted by Crippen LogP contribution is 2.40. The van der Waals surface area contributed by atoms with Gasteiger partial charge in [0.05, 0.1) is 35.0 Å². The van der Waals surface area contributed by atoms with Crippen molar-refractivity contribution < 1.29 is 31.4 Å². The van der Waals surface area contributed by atoms with E-state index in [9.17, 15) is 36.2 Å². The number of pyridine rings is 1. The Morgan fingerprint density at radius 3 is 2.34 bits per heavy atom. The van der Waals surface area contributed by atoms with Crippen LogP contribution in [0.25, 0.3) is 22.4 Å². The molecule has 0 bridgehead atoms. The number of aromatic amines is 2. The summed E-state index contributed by atoms with van der Waals surface area (Å²) in [4.78, 5) is 21.3. The maximum atomic E-state index is 13.6. The highest BCUT2D eigenvalue weighted by Gasteiger charge is 2.39. The molecule has 0 aliphatic heterocycles. The van der Waals surface area contributed by atoms with E-state index in [-0.39, 0.29) is 29.7 Å². The molecule has 2 aromatic heterocycles. The van der Waals surface area contributed by atoms with Gasteiger partial charge in [0.2, 0.25) is 0 Å². The van der Waals surface area contributed by atoms with E-state index in [1.54, 1.807) is 0 Å². The summed E-state index contributed by atoms with van der Waals surface area (Å²) in [5.74, 6) is -0.356. The van der Waals surface area contributed by atoms with Crippen LogP contribution in [0.5, 0.6) is 0 Å². The van der Waals surface area contributed by atoms with Crippen LogP contribution in [-0.4, -0.2) is 32.7 Å². The Balaban J connectivity index is 1.81. The number of hydrogen-bond acceptors (Lipinski definition) is 4. The number of halogens is 6. The lowest BCUT2D eigenvalue weighted by Gasteiger charge is -2.19. The van der Waals surface area contributed by atoms with Crippen LogP contribution in [0.2, 0.25) is 0 Å². The zero-order valence-electron chi connectivity index (χ0n) is 17.8. The summed E-state index contributed by atoms with van der Waals surface area (Å²) in [6.45, 7) is -0.339. The van der Waals surface area contributed by atoms with Crippen molar-refractivity contribution in [3.8, 4) is 11.4 Å². The van der Waals surface area contributed by atoms with Gasteiger partial charge >= 0.3 is 12.4 Å². The molecule has 4 rings (SSSR count). The van der Waals surface area contributed by atoms with E-state index in [1.165, 1.54) is 12.3 Å². The zero-order chi connectivity index (χ0) is 25.4. The van der Waals surface area contributed by atoms with Gasteiger partial charge < -0.3 is 20.4 Å². The first-order chi connectivity index (χ1) is 16.5. The van der Waals surface area contributed by atoms with E-state index in [2.05, 4.69) is 20.3 Å². The van der Waals surface area contributed by atoms with Crippen molar-refractivity contribution in [2.24, 2.45) is 0 Å². The van der Waals surface area contributed by atoms with Crippen LogP contribution in [0.1, 0.15) is 16.7 Å². The molecule has 4 N–H and O–H groups in total. The maximum absolute atomic E-state index is 13.6.